The zero-order valence-electron chi connectivity index (χ0n) is 10.8. The van der Waals surface area contributed by atoms with Crippen molar-refractivity contribution in [2.45, 2.75) is 25.4 Å². The molecule has 1 aliphatic rings. The summed E-state index contributed by atoms with van der Waals surface area (Å²) in [5, 5.41) is 10.9. The van der Waals surface area contributed by atoms with Crippen molar-refractivity contribution < 1.29 is 9.90 Å². The van der Waals surface area contributed by atoms with Crippen LogP contribution in [0.3, 0.4) is 0 Å². The second kappa shape index (κ2) is 5.77. The van der Waals surface area contributed by atoms with E-state index in [1.54, 1.807) is 0 Å². The van der Waals surface area contributed by atoms with Crippen molar-refractivity contribution in [3.8, 4) is 0 Å². The number of hydrogen-bond acceptors (Lipinski definition) is 5. The summed E-state index contributed by atoms with van der Waals surface area (Å²) in [7, 11) is 4.17. The standard InChI is InChI=1S/C12H19N3O2S/c1-14(2)7-10-4-3-5-15(10)6-9-8-18-11(13-9)12(16)17/h8,10H,3-7H2,1-2H3,(H,16,17). The van der Waals surface area contributed by atoms with Crippen LogP contribution >= 0.6 is 11.3 Å². The number of nitrogens with zero attached hydrogens (tertiary/aromatic N) is 3. The number of aromatic nitrogens is 1. The van der Waals surface area contributed by atoms with Gasteiger partial charge in [0.25, 0.3) is 0 Å². The molecule has 1 fully saturated rings. The van der Waals surface area contributed by atoms with Gasteiger partial charge in [-0.05, 0) is 33.5 Å². The van der Waals surface area contributed by atoms with E-state index >= 15 is 0 Å². The van der Waals surface area contributed by atoms with Crippen LogP contribution in [0.5, 0.6) is 0 Å². The molecule has 100 valence electrons. The van der Waals surface area contributed by atoms with Gasteiger partial charge in [0.15, 0.2) is 0 Å². The van der Waals surface area contributed by atoms with Gasteiger partial charge in [-0.3, -0.25) is 4.90 Å². The van der Waals surface area contributed by atoms with Crippen molar-refractivity contribution in [3.63, 3.8) is 0 Å². The van der Waals surface area contributed by atoms with E-state index < -0.39 is 5.97 Å². The average Bonchev–Trinajstić information content (AvgIpc) is 2.89. The first kappa shape index (κ1) is 13.5. The van der Waals surface area contributed by atoms with Crippen molar-refractivity contribution in [3.05, 3.63) is 16.1 Å². The summed E-state index contributed by atoms with van der Waals surface area (Å²) in [6.07, 6.45) is 2.43. The molecule has 5 nitrogen and oxygen atoms in total. The van der Waals surface area contributed by atoms with E-state index in [1.807, 2.05) is 5.38 Å². The second-order valence-corrected chi connectivity index (χ2v) is 5.84. The molecule has 0 saturated carbocycles. The van der Waals surface area contributed by atoms with Crippen LogP contribution in [-0.4, -0.2) is 59.1 Å². The molecule has 1 N–H and O–H groups in total. The molecule has 0 amide bonds. The van der Waals surface area contributed by atoms with Gasteiger partial charge in [-0.15, -0.1) is 11.3 Å². The third-order valence-electron chi connectivity index (χ3n) is 3.17. The molecule has 18 heavy (non-hydrogen) atoms. The molecule has 1 unspecified atom stereocenters. The Balaban J connectivity index is 1.96. The fourth-order valence-corrected chi connectivity index (χ4v) is 3.06. The van der Waals surface area contributed by atoms with Crippen molar-refractivity contribution in [2.24, 2.45) is 0 Å². The minimum atomic E-state index is -0.933. The Labute approximate surface area is 111 Å². The van der Waals surface area contributed by atoms with Crippen LogP contribution in [0.4, 0.5) is 0 Å². The number of carbonyl (C=O) groups is 1. The molecular weight excluding hydrogens is 250 g/mol. The fraction of sp³-hybridized carbons (Fsp3) is 0.667. The van der Waals surface area contributed by atoms with Gasteiger partial charge in [0.05, 0.1) is 5.69 Å². The summed E-state index contributed by atoms with van der Waals surface area (Å²) in [6.45, 7) is 2.90. The smallest absolute Gasteiger partial charge is 0.365 e. The topological polar surface area (TPSA) is 56.7 Å². The van der Waals surface area contributed by atoms with Crippen molar-refractivity contribution in [1.29, 1.82) is 0 Å². The molecule has 0 aliphatic carbocycles. The first-order valence-corrected chi connectivity index (χ1v) is 7.00. The highest BCUT2D eigenvalue weighted by Gasteiger charge is 2.25. The predicted octanol–water partition coefficient (Wildman–Crippen LogP) is 1.37. The Morgan fingerprint density at radius 3 is 3.06 bits per heavy atom. The van der Waals surface area contributed by atoms with Crippen LogP contribution in [0, 0.1) is 0 Å². The Kier molecular flexibility index (Phi) is 4.31. The lowest BCUT2D eigenvalue weighted by atomic mass is 10.2. The fourth-order valence-electron chi connectivity index (χ4n) is 2.42. The van der Waals surface area contributed by atoms with Gasteiger partial charge in [0.2, 0.25) is 5.01 Å². The largest absolute Gasteiger partial charge is 0.476 e. The Bertz CT molecular complexity index is 419. The Hall–Kier alpha value is -0.980. The first-order chi connectivity index (χ1) is 8.56. The summed E-state index contributed by atoms with van der Waals surface area (Å²) in [5.41, 5.74) is 0.878. The number of carboxylic acids is 1. The van der Waals surface area contributed by atoms with Gasteiger partial charge in [0, 0.05) is 24.5 Å². The molecule has 2 rings (SSSR count). The number of carboxylic acid groups (broad SMARTS) is 1. The predicted molar refractivity (Wildman–Crippen MR) is 71.1 cm³/mol. The third-order valence-corrected chi connectivity index (χ3v) is 4.05. The van der Waals surface area contributed by atoms with E-state index in [-0.39, 0.29) is 5.01 Å². The van der Waals surface area contributed by atoms with Crippen molar-refractivity contribution >= 4 is 17.3 Å². The number of hydrogen-bond donors (Lipinski definition) is 1. The lowest BCUT2D eigenvalue weighted by molar-refractivity contribution is 0.0696. The lowest BCUT2D eigenvalue weighted by Gasteiger charge is -2.26. The zero-order valence-corrected chi connectivity index (χ0v) is 11.6. The highest BCUT2D eigenvalue weighted by atomic mass is 32.1. The quantitative estimate of drug-likeness (QED) is 0.875. The Morgan fingerprint density at radius 1 is 1.67 bits per heavy atom. The Morgan fingerprint density at radius 2 is 2.44 bits per heavy atom. The molecule has 0 bridgehead atoms. The van der Waals surface area contributed by atoms with Gasteiger partial charge in [-0.1, -0.05) is 0 Å². The van der Waals surface area contributed by atoms with Crippen LogP contribution in [0.2, 0.25) is 0 Å². The van der Waals surface area contributed by atoms with Gasteiger partial charge in [-0.2, -0.15) is 0 Å². The number of thiazole rings is 1. The van der Waals surface area contributed by atoms with E-state index in [0.29, 0.717) is 6.04 Å². The summed E-state index contributed by atoms with van der Waals surface area (Å²) in [6, 6.07) is 0.565. The summed E-state index contributed by atoms with van der Waals surface area (Å²) >= 11 is 1.21. The molecule has 6 heteroatoms. The molecule has 0 aromatic carbocycles. The summed E-state index contributed by atoms with van der Waals surface area (Å²) in [4.78, 5) is 19.5. The molecule has 0 spiro atoms. The minimum absolute atomic E-state index is 0.188. The van der Waals surface area contributed by atoms with Gasteiger partial charge in [0.1, 0.15) is 0 Å². The highest BCUT2D eigenvalue weighted by molar-refractivity contribution is 7.11. The first-order valence-electron chi connectivity index (χ1n) is 6.12. The number of aromatic carboxylic acids is 1. The zero-order chi connectivity index (χ0) is 13.1. The maximum Gasteiger partial charge on any atom is 0.365 e. The molecule has 1 saturated heterocycles. The van der Waals surface area contributed by atoms with E-state index in [2.05, 4.69) is 28.9 Å². The van der Waals surface area contributed by atoms with E-state index in [0.717, 1.165) is 25.3 Å². The van der Waals surface area contributed by atoms with Gasteiger partial charge >= 0.3 is 5.97 Å². The third kappa shape index (κ3) is 3.28. The summed E-state index contributed by atoms with van der Waals surface area (Å²) < 4.78 is 0. The molecule has 0 radical (unpaired) electrons. The molecular formula is C12H19N3O2S. The summed E-state index contributed by atoms with van der Waals surface area (Å²) in [5.74, 6) is -0.933. The van der Waals surface area contributed by atoms with Crippen molar-refractivity contribution in [1.82, 2.24) is 14.8 Å². The average molecular weight is 269 g/mol. The SMILES string of the molecule is CN(C)CC1CCCN1Cc1csc(C(=O)O)n1. The van der Waals surface area contributed by atoms with Crippen LogP contribution in [-0.2, 0) is 6.54 Å². The van der Waals surface area contributed by atoms with Crippen LogP contribution in [0.25, 0.3) is 0 Å². The van der Waals surface area contributed by atoms with E-state index in [1.165, 1.54) is 24.2 Å². The highest BCUT2D eigenvalue weighted by Crippen LogP contribution is 2.21. The molecule has 2 heterocycles. The minimum Gasteiger partial charge on any atom is -0.476 e. The number of rotatable bonds is 5. The lowest BCUT2D eigenvalue weighted by Crippen LogP contribution is -2.37. The normalized spacial score (nSPS) is 20.7. The van der Waals surface area contributed by atoms with Crippen LogP contribution in [0.1, 0.15) is 28.3 Å². The van der Waals surface area contributed by atoms with Gasteiger partial charge < -0.3 is 10.0 Å². The molecule has 1 atom stereocenters. The van der Waals surface area contributed by atoms with Crippen LogP contribution < -0.4 is 0 Å². The number of likely N-dealkylation sites (tertiary alicyclic amines) is 1. The molecule has 1 aromatic heterocycles. The maximum absolute atomic E-state index is 10.8. The monoisotopic (exact) mass is 269 g/mol. The second-order valence-electron chi connectivity index (χ2n) is 4.98. The number of likely N-dealkylation sites (N-methyl/N-ethyl adjacent to an activating group) is 1. The molecule has 1 aliphatic heterocycles. The maximum atomic E-state index is 10.8. The molecule has 1 aromatic rings. The van der Waals surface area contributed by atoms with Crippen molar-refractivity contribution in [2.75, 3.05) is 27.2 Å². The van der Waals surface area contributed by atoms with E-state index in [4.69, 9.17) is 5.11 Å². The van der Waals surface area contributed by atoms with E-state index in [9.17, 15) is 4.79 Å². The van der Waals surface area contributed by atoms with Crippen LogP contribution in [0.15, 0.2) is 5.38 Å². The van der Waals surface area contributed by atoms with Gasteiger partial charge in [-0.25, -0.2) is 9.78 Å².